The third-order valence-corrected chi connectivity index (χ3v) is 5.04. The van der Waals surface area contributed by atoms with Gasteiger partial charge in [0.25, 0.3) is 0 Å². The van der Waals surface area contributed by atoms with Crippen molar-refractivity contribution in [2.45, 2.75) is 33.3 Å². The molecule has 136 valence electrons. The Hall–Kier alpha value is -2.71. The summed E-state index contributed by atoms with van der Waals surface area (Å²) in [7, 11) is 0. The van der Waals surface area contributed by atoms with Crippen LogP contribution in [0, 0.1) is 5.41 Å². The zero-order chi connectivity index (χ0) is 19.0. The quantitative estimate of drug-likeness (QED) is 0.453. The van der Waals surface area contributed by atoms with Crippen LogP contribution in [-0.4, -0.2) is 10.1 Å². The van der Waals surface area contributed by atoms with Crippen molar-refractivity contribution >= 4 is 21.5 Å². The molecule has 0 spiro atoms. The third-order valence-electron chi connectivity index (χ3n) is 5.04. The minimum atomic E-state index is -0.537. The first-order valence-corrected chi connectivity index (χ1v) is 9.48. The molecule has 0 amide bonds. The topological polar surface area (TPSA) is 33.1 Å². The number of benzene rings is 3. The molecule has 4 rings (SSSR count). The average Bonchev–Trinajstić information content (AvgIpc) is 2.65. The maximum Gasteiger partial charge on any atom is 0.0801 e. The van der Waals surface area contributed by atoms with E-state index in [0.717, 1.165) is 38.4 Å². The van der Waals surface area contributed by atoms with Crippen LogP contribution in [0.25, 0.3) is 32.8 Å². The molecule has 3 aromatic carbocycles. The van der Waals surface area contributed by atoms with Crippen molar-refractivity contribution in [3.05, 3.63) is 78.5 Å². The van der Waals surface area contributed by atoms with E-state index < -0.39 is 6.10 Å². The molecule has 0 aliphatic rings. The summed E-state index contributed by atoms with van der Waals surface area (Å²) in [6.45, 7) is 6.48. The Morgan fingerprint density at radius 2 is 1.44 bits per heavy atom. The standard InChI is InChI=1S/C25H25NO/c1-25(2,3)16-22(27)21-13-12-17-8-4-6-10-19(17)23(21)24-20-11-7-5-9-18(20)14-15-26-24/h4-15,22,27H,16H2,1-3H3/t22-/m1/s1. The fraction of sp³-hybridized carbons (Fsp3) is 0.240. The number of aromatic nitrogens is 1. The molecule has 0 saturated carbocycles. The number of rotatable bonds is 3. The normalized spacial score (nSPS) is 13.2. The zero-order valence-electron chi connectivity index (χ0n) is 16.1. The maximum absolute atomic E-state index is 11.1. The smallest absolute Gasteiger partial charge is 0.0801 e. The Morgan fingerprint density at radius 3 is 2.15 bits per heavy atom. The van der Waals surface area contributed by atoms with E-state index in [2.05, 4.69) is 63.2 Å². The molecule has 0 aliphatic heterocycles. The molecule has 4 aromatic rings. The first-order valence-electron chi connectivity index (χ1n) is 9.48. The minimum absolute atomic E-state index is 0.0362. The van der Waals surface area contributed by atoms with Gasteiger partial charge in [0.15, 0.2) is 0 Å². The first kappa shape index (κ1) is 17.7. The third kappa shape index (κ3) is 3.45. The number of pyridine rings is 1. The molecule has 0 unspecified atom stereocenters. The van der Waals surface area contributed by atoms with Gasteiger partial charge >= 0.3 is 0 Å². The summed E-state index contributed by atoms with van der Waals surface area (Å²) in [5, 5.41) is 15.7. The van der Waals surface area contributed by atoms with Crippen LogP contribution in [0.5, 0.6) is 0 Å². The summed E-state index contributed by atoms with van der Waals surface area (Å²) < 4.78 is 0. The van der Waals surface area contributed by atoms with Crippen molar-refractivity contribution in [1.29, 1.82) is 0 Å². The summed E-state index contributed by atoms with van der Waals surface area (Å²) in [4.78, 5) is 4.76. The van der Waals surface area contributed by atoms with Crippen LogP contribution in [0.4, 0.5) is 0 Å². The summed E-state index contributed by atoms with van der Waals surface area (Å²) >= 11 is 0. The lowest BCUT2D eigenvalue weighted by atomic mass is 9.83. The molecule has 1 N–H and O–H groups in total. The van der Waals surface area contributed by atoms with Gasteiger partial charge in [-0.15, -0.1) is 0 Å². The van der Waals surface area contributed by atoms with Crippen LogP contribution >= 0.6 is 0 Å². The second-order valence-corrected chi connectivity index (χ2v) is 8.41. The van der Waals surface area contributed by atoms with E-state index >= 15 is 0 Å². The molecule has 1 aromatic heterocycles. The van der Waals surface area contributed by atoms with Crippen molar-refractivity contribution < 1.29 is 5.11 Å². The van der Waals surface area contributed by atoms with Gasteiger partial charge in [0.05, 0.1) is 11.8 Å². The molecule has 27 heavy (non-hydrogen) atoms. The van der Waals surface area contributed by atoms with Crippen molar-refractivity contribution in [2.24, 2.45) is 5.41 Å². The molecule has 2 heteroatoms. The van der Waals surface area contributed by atoms with Gasteiger partial charge in [-0.05, 0) is 39.6 Å². The summed E-state index contributed by atoms with van der Waals surface area (Å²) in [6, 6.07) is 22.9. The van der Waals surface area contributed by atoms with Crippen LogP contribution in [0.2, 0.25) is 0 Å². The molecule has 1 atom stereocenters. The summed E-state index contributed by atoms with van der Waals surface area (Å²) in [6.07, 6.45) is 2.02. The second kappa shape index (κ2) is 6.79. The molecule has 0 saturated heterocycles. The van der Waals surface area contributed by atoms with E-state index in [-0.39, 0.29) is 5.41 Å². The Morgan fingerprint density at radius 1 is 0.815 bits per heavy atom. The number of hydrogen-bond donors (Lipinski definition) is 1. The Bertz CT molecular complexity index is 1100. The predicted molar refractivity (Wildman–Crippen MR) is 114 cm³/mol. The highest BCUT2D eigenvalue weighted by atomic mass is 16.3. The molecule has 0 aliphatic carbocycles. The van der Waals surface area contributed by atoms with Crippen molar-refractivity contribution in [3.63, 3.8) is 0 Å². The lowest BCUT2D eigenvalue weighted by Crippen LogP contribution is -2.12. The van der Waals surface area contributed by atoms with E-state index in [0.29, 0.717) is 6.42 Å². The van der Waals surface area contributed by atoms with Crippen molar-refractivity contribution in [3.8, 4) is 11.3 Å². The van der Waals surface area contributed by atoms with Crippen LogP contribution in [-0.2, 0) is 0 Å². The lowest BCUT2D eigenvalue weighted by Gasteiger charge is -2.25. The zero-order valence-corrected chi connectivity index (χ0v) is 16.1. The van der Waals surface area contributed by atoms with Crippen LogP contribution < -0.4 is 0 Å². The fourth-order valence-electron chi connectivity index (χ4n) is 3.84. The van der Waals surface area contributed by atoms with Crippen molar-refractivity contribution in [1.82, 2.24) is 4.98 Å². The lowest BCUT2D eigenvalue weighted by molar-refractivity contribution is 0.123. The van der Waals surface area contributed by atoms with E-state index in [1.807, 2.05) is 30.5 Å². The fourth-order valence-corrected chi connectivity index (χ4v) is 3.84. The van der Waals surface area contributed by atoms with E-state index in [9.17, 15) is 5.11 Å². The largest absolute Gasteiger partial charge is 0.388 e. The number of aliphatic hydroxyl groups excluding tert-OH is 1. The molecular formula is C25H25NO. The number of nitrogens with zero attached hydrogens (tertiary/aromatic N) is 1. The average molecular weight is 355 g/mol. The van der Waals surface area contributed by atoms with Gasteiger partial charge in [-0.1, -0.05) is 81.4 Å². The van der Waals surface area contributed by atoms with Gasteiger partial charge in [-0.2, -0.15) is 0 Å². The van der Waals surface area contributed by atoms with Gasteiger partial charge in [-0.3, -0.25) is 4.98 Å². The number of hydrogen-bond acceptors (Lipinski definition) is 2. The highest BCUT2D eigenvalue weighted by molar-refractivity contribution is 6.05. The Balaban J connectivity index is 2.04. The van der Waals surface area contributed by atoms with Gasteiger partial charge in [0.1, 0.15) is 0 Å². The van der Waals surface area contributed by atoms with Crippen LogP contribution in [0.15, 0.2) is 72.9 Å². The monoisotopic (exact) mass is 355 g/mol. The summed E-state index contributed by atoms with van der Waals surface area (Å²) in [5.74, 6) is 0. The molecule has 1 heterocycles. The molecular weight excluding hydrogens is 330 g/mol. The SMILES string of the molecule is CC(C)(C)C[C@@H](O)c1ccc2ccccc2c1-c1nccc2ccccc12. The number of aliphatic hydroxyl groups is 1. The Labute approximate surface area is 160 Å². The Kier molecular flexibility index (Phi) is 4.45. The highest BCUT2D eigenvalue weighted by Crippen LogP contribution is 2.40. The number of fused-ring (bicyclic) bond motifs is 2. The van der Waals surface area contributed by atoms with Gasteiger partial charge < -0.3 is 5.11 Å². The van der Waals surface area contributed by atoms with Gasteiger partial charge in [0.2, 0.25) is 0 Å². The van der Waals surface area contributed by atoms with Gasteiger partial charge in [-0.25, -0.2) is 0 Å². The minimum Gasteiger partial charge on any atom is -0.388 e. The van der Waals surface area contributed by atoms with E-state index in [1.54, 1.807) is 0 Å². The summed E-state index contributed by atoms with van der Waals surface area (Å²) in [5.41, 5.74) is 2.97. The predicted octanol–water partition coefficient (Wildman–Crippen LogP) is 6.52. The maximum atomic E-state index is 11.1. The molecule has 0 fully saturated rings. The highest BCUT2D eigenvalue weighted by Gasteiger charge is 2.23. The van der Waals surface area contributed by atoms with Crippen molar-refractivity contribution in [2.75, 3.05) is 0 Å². The molecule has 2 nitrogen and oxygen atoms in total. The molecule has 0 radical (unpaired) electrons. The molecule has 0 bridgehead atoms. The van der Waals surface area contributed by atoms with Crippen LogP contribution in [0.1, 0.15) is 38.9 Å². The van der Waals surface area contributed by atoms with Crippen LogP contribution in [0.3, 0.4) is 0 Å². The van der Waals surface area contributed by atoms with E-state index in [1.165, 1.54) is 0 Å². The van der Waals surface area contributed by atoms with Gasteiger partial charge in [0, 0.05) is 17.1 Å². The van der Waals surface area contributed by atoms with E-state index in [4.69, 9.17) is 4.98 Å². The second-order valence-electron chi connectivity index (χ2n) is 8.41. The first-order chi connectivity index (χ1) is 12.9.